The summed E-state index contributed by atoms with van der Waals surface area (Å²) in [5.41, 5.74) is 4.63. The molecule has 33 heavy (non-hydrogen) atoms. The predicted octanol–water partition coefficient (Wildman–Crippen LogP) is 7.35. The van der Waals surface area contributed by atoms with Crippen LogP contribution in [0.2, 0.25) is 0 Å². The standard InChI is InChI=1S/C27H35BrN2O3/c1-3-4-5-6-7-8-9-10-11-15-26(31)30-29-20-23-19-24(28)16-17-25(23)33-27(32)22-14-12-13-21(2)18-22/h12-14,16-20H,3-11,15H2,1-2H3,(H,30,31). The van der Waals surface area contributed by atoms with E-state index in [9.17, 15) is 9.59 Å². The fourth-order valence-electron chi connectivity index (χ4n) is 3.47. The van der Waals surface area contributed by atoms with Gasteiger partial charge in [0.05, 0.1) is 11.8 Å². The van der Waals surface area contributed by atoms with Gasteiger partial charge in [0, 0.05) is 16.5 Å². The van der Waals surface area contributed by atoms with Crippen molar-refractivity contribution in [2.45, 2.75) is 78.1 Å². The molecule has 0 radical (unpaired) electrons. The van der Waals surface area contributed by atoms with E-state index in [0.717, 1.165) is 22.9 Å². The summed E-state index contributed by atoms with van der Waals surface area (Å²) in [7, 11) is 0. The molecule has 0 atom stereocenters. The summed E-state index contributed by atoms with van der Waals surface area (Å²) >= 11 is 3.42. The Bertz CT molecular complexity index is 927. The first-order chi connectivity index (χ1) is 16.0. The van der Waals surface area contributed by atoms with Crippen LogP contribution in [-0.2, 0) is 4.79 Å². The van der Waals surface area contributed by atoms with E-state index in [-0.39, 0.29) is 5.91 Å². The van der Waals surface area contributed by atoms with Crippen LogP contribution in [0.1, 0.15) is 92.6 Å². The number of ether oxygens (including phenoxy) is 1. The number of amides is 1. The first-order valence-electron chi connectivity index (χ1n) is 11.9. The largest absolute Gasteiger partial charge is 0.422 e. The van der Waals surface area contributed by atoms with Gasteiger partial charge in [-0.15, -0.1) is 0 Å². The molecule has 0 unspecified atom stereocenters. The average Bonchev–Trinajstić information content (AvgIpc) is 2.79. The molecular weight excluding hydrogens is 480 g/mol. The van der Waals surface area contributed by atoms with Gasteiger partial charge in [0.15, 0.2) is 0 Å². The van der Waals surface area contributed by atoms with Crippen LogP contribution in [0.5, 0.6) is 5.75 Å². The summed E-state index contributed by atoms with van der Waals surface area (Å²) in [6.45, 7) is 4.15. The molecule has 2 rings (SSSR count). The molecule has 0 aromatic heterocycles. The maximum Gasteiger partial charge on any atom is 0.343 e. The second-order valence-corrected chi connectivity index (χ2v) is 9.23. The molecule has 0 bridgehead atoms. The summed E-state index contributed by atoms with van der Waals surface area (Å²) < 4.78 is 6.39. The number of hydrogen-bond acceptors (Lipinski definition) is 4. The number of halogens is 1. The minimum absolute atomic E-state index is 0.109. The Morgan fingerprint density at radius 1 is 0.970 bits per heavy atom. The Morgan fingerprint density at radius 3 is 2.36 bits per heavy atom. The molecule has 0 saturated heterocycles. The Balaban J connectivity index is 1.78. The molecule has 1 N–H and O–H groups in total. The number of aryl methyl sites for hydroxylation is 1. The van der Waals surface area contributed by atoms with Crippen molar-refractivity contribution in [3.8, 4) is 5.75 Å². The van der Waals surface area contributed by atoms with E-state index >= 15 is 0 Å². The second-order valence-electron chi connectivity index (χ2n) is 8.31. The Labute approximate surface area is 206 Å². The predicted molar refractivity (Wildman–Crippen MR) is 138 cm³/mol. The Morgan fingerprint density at radius 2 is 1.67 bits per heavy atom. The molecular formula is C27H35BrN2O3. The lowest BCUT2D eigenvalue weighted by atomic mass is 10.1. The van der Waals surface area contributed by atoms with Gasteiger partial charge >= 0.3 is 5.97 Å². The van der Waals surface area contributed by atoms with Gasteiger partial charge in [-0.3, -0.25) is 4.79 Å². The SMILES string of the molecule is CCCCCCCCCCCC(=O)NN=Cc1cc(Br)ccc1OC(=O)c1cccc(C)c1. The van der Waals surface area contributed by atoms with Gasteiger partial charge < -0.3 is 4.74 Å². The first-order valence-corrected chi connectivity index (χ1v) is 12.7. The molecule has 2 aromatic rings. The van der Waals surface area contributed by atoms with Crippen LogP contribution >= 0.6 is 15.9 Å². The fraction of sp³-hybridized carbons (Fsp3) is 0.444. The topological polar surface area (TPSA) is 67.8 Å². The van der Waals surface area contributed by atoms with Gasteiger partial charge in [0.25, 0.3) is 0 Å². The van der Waals surface area contributed by atoms with Crippen LogP contribution in [0.4, 0.5) is 0 Å². The van der Waals surface area contributed by atoms with E-state index < -0.39 is 5.97 Å². The molecule has 0 spiro atoms. The molecule has 0 fully saturated rings. The fourth-order valence-corrected chi connectivity index (χ4v) is 3.85. The number of rotatable bonds is 14. The lowest BCUT2D eigenvalue weighted by Gasteiger charge is -2.08. The quantitative estimate of drug-likeness (QED) is 0.0941. The van der Waals surface area contributed by atoms with Crippen molar-refractivity contribution in [2.75, 3.05) is 0 Å². The van der Waals surface area contributed by atoms with Crippen molar-refractivity contribution in [3.05, 3.63) is 63.6 Å². The third-order valence-electron chi connectivity index (χ3n) is 5.33. The lowest BCUT2D eigenvalue weighted by molar-refractivity contribution is -0.121. The van der Waals surface area contributed by atoms with Crippen molar-refractivity contribution < 1.29 is 14.3 Å². The normalized spacial score (nSPS) is 11.0. The molecule has 6 heteroatoms. The molecule has 0 saturated carbocycles. The van der Waals surface area contributed by atoms with E-state index in [1.54, 1.807) is 30.3 Å². The van der Waals surface area contributed by atoms with Gasteiger partial charge in [0.1, 0.15) is 5.75 Å². The summed E-state index contributed by atoms with van der Waals surface area (Å²) in [6, 6.07) is 12.5. The highest BCUT2D eigenvalue weighted by Crippen LogP contribution is 2.23. The van der Waals surface area contributed by atoms with E-state index in [1.807, 2.05) is 19.1 Å². The van der Waals surface area contributed by atoms with Crippen LogP contribution in [0, 0.1) is 6.92 Å². The molecule has 5 nitrogen and oxygen atoms in total. The third-order valence-corrected chi connectivity index (χ3v) is 5.82. The zero-order chi connectivity index (χ0) is 23.9. The molecule has 0 aliphatic carbocycles. The van der Waals surface area contributed by atoms with Gasteiger partial charge in [-0.25, -0.2) is 10.2 Å². The summed E-state index contributed by atoms with van der Waals surface area (Å²) in [6.07, 6.45) is 12.9. The van der Waals surface area contributed by atoms with Crippen molar-refractivity contribution in [1.29, 1.82) is 0 Å². The van der Waals surface area contributed by atoms with Crippen molar-refractivity contribution in [3.63, 3.8) is 0 Å². The summed E-state index contributed by atoms with van der Waals surface area (Å²) in [5, 5.41) is 4.06. The average molecular weight is 515 g/mol. The van der Waals surface area contributed by atoms with Gasteiger partial charge in [-0.2, -0.15) is 5.10 Å². The number of nitrogens with zero attached hydrogens (tertiary/aromatic N) is 1. The Hall–Kier alpha value is -2.47. The molecule has 2 aromatic carbocycles. The van der Waals surface area contributed by atoms with Gasteiger partial charge in [-0.1, -0.05) is 91.9 Å². The van der Waals surface area contributed by atoms with Crippen LogP contribution in [0.25, 0.3) is 0 Å². The molecule has 0 heterocycles. The van der Waals surface area contributed by atoms with Gasteiger partial charge in [0.2, 0.25) is 5.91 Å². The lowest BCUT2D eigenvalue weighted by Crippen LogP contribution is -2.17. The van der Waals surface area contributed by atoms with Crippen LogP contribution in [-0.4, -0.2) is 18.1 Å². The van der Waals surface area contributed by atoms with Crippen molar-refractivity contribution >= 4 is 34.0 Å². The molecule has 1 amide bonds. The van der Waals surface area contributed by atoms with Crippen molar-refractivity contribution in [2.24, 2.45) is 5.10 Å². The van der Waals surface area contributed by atoms with Crippen LogP contribution in [0.3, 0.4) is 0 Å². The van der Waals surface area contributed by atoms with E-state index in [0.29, 0.717) is 23.3 Å². The molecule has 178 valence electrons. The Kier molecular flexibility index (Phi) is 12.5. The summed E-state index contributed by atoms with van der Waals surface area (Å²) in [4.78, 5) is 24.6. The molecule has 0 aliphatic heterocycles. The highest BCUT2D eigenvalue weighted by molar-refractivity contribution is 9.10. The van der Waals surface area contributed by atoms with E-state index in [1.165, 1.54) is 51.2 Å². The number of unbranched alkanes of at least 4 members (excludes halogenated alkanes) is 8. The number of hydrazone groups is 1. The first kappa shape index (κ1) is 26.8. The zero-order valence-corrected chi connectivity index (χ0v) is 21.3. The number of hydrogen-bond donors (Lipinski definition) is 1. The number of carbonyl (C=O) groups excluding carboxylic acids is 2. The highest BCUT2D eigenvalue weighted by Gasteiger charge is 2.12. The number of esters is 1. The second kappa shape index (κ2) is 15.4. The molecule has 0 aliphatic rings. The minimum Gasteiger partial charge on any atom is -0.422 e. The van der Waals surface area contributed by atoms with Crippen LogP contribution in [0.15, 0.2) is 52.0 Å². The maximum absolute atomic E-state index is 12.5. The van der Waals surface area contributed by atoms with E-state index in [4.69, 9.17) is 4.74 Å². The van der Waals surface area contributed by atoms with Crippen LogP contribution < -0.4 is 10.2 Å². The van der Waals surface area contributed by atoms with E-state index in [2.05, 4.69) is 33.4 Å². The maximum atomic E-state index is 12.5. The number of benzene rings is 2. The summed E-state index contributed by atoms with van der Waals surface area (Å²) in [5.74, 6) is -0.172. The zero-order valence-electron chi connectivity index (χ0n) is 19.7. The minimum atomic E-state index is -0.440. The van der Waals surface area contributed by atoms with Crippen molar-refractivity contribution in [1.82, 2.24) is 5.43 Å². The highest BCUT2D eigenvalue weighted by atomic mass is 79.9. The van der Waals surface area contributed by atoms with Gasteiger partial charge in [-0.05, 0) is 43.7 Å². The smallest absolute Gasteiger partial charge is 0.343 e. The number of nitrogens with one attached hydrogen (secondary N) is 1. The number of carbonyl (C=O) groups is 2. The third kappa shape index (κ3) is 10.8. The monoisotopic (exact) mass is 514 g/mol.